The maximum Gasteiger partial charge on any atom is 0.231 e. The Kier molecular flexibility index (Phi) is 2.44. The summed E-state index contributed by atoms with van der Waals surface area (Å²) < 4.78 is 0. The van der Waals surface area contributed by atoms with Crippen LogP contribution in [0.2, 0.25) is 0 Å². The summed E-state index contributed by atoms with van der Waals surface area (Å²) in [7, 11) is 1.80. The van der Waals surface area contributed by atoms with Gasteiger partial charge in [-0.15, -0.1) is 0 Å². The van der Waals surface area contributed by atoms with E-state index in [1.165, 1.54) is 6.42 Å². The highest BCUT2D eigenvalue weighted by atomic mass is 16.3. The fraction of sp³-hybridized carbons (Fsp3) is 0.500. The first-order valence-corrected chi connectivity index (χ1v) is 6.24. The number of hydrogen-bond acceptors (Lipinski definition) is 2. The number of rotatable bonds is 2. The van der Waals surface area contributed by atoms with E-state index < -0.39 is 0 Å². The third-order valence-electron chi connectivity index (χ3n) is 4.12. The molecule has 1 atom stereocenters. The number of carbonyl (C=O) groups excluding carboxylic acids is 1. The molecule has 90 valence electrons. The number of fused-ring (bicyclic) bond motifs is 1. The predicted octanol–water partition coefficient (Wildman–Crippen LogP) is 2.04. The fourth-order valence-corrected chi connectivity index (χ4v) is 2.70. The fourth-order valence-electron chi connectivity index (χ4n) is 2.70. The standard InChI is InChI=1S/C14H17NO2/c1-15-12-6-5-10(7-11(12)8-13(15)16)14(17)9-3-2-4-9/h5-7,9,14,17H,2-4,8H2,1H3. The van der Waals surface area contributed by atoms with Crippen LogP contribution in [0.4, 0.5) is 5.69 Å². The van der Waals surface area contributed by atoms with Gasteiger partial charge in [-0.05, 0) is 36.0 Å². The lowest BCUT2D eigenvalue weighted by Crippen LogP contribution is -2.20. The van der Waals surface area contributed by atoms with Crippen molar-refractivity contribution in [2.24, 2.45) is 5.92 Å². The lowest BCUT2D eigenvalue weighted by Gasteiger charge is -2.30. The number of aliphatic hydroxyl groups excluding tert-OH is 1. The summed E-state index contributed by atoms with van der Waals surface area (Å²) in [4.78, 5) is 13.3. The van der Waals surface area contributed by atoms with E-state index in [1.54, 1.807) is 11.9 Å². The number of anilines is 1. The van der Waals surface area contributed by atoms with Crippen LogP contribution in [0.15, 0.2) is 18.2 Å². The Morgan fingerprint density at radius 1 is 1.41 bits per heavy atom. The molecule has 3 nitrogen and oxygen atoms in total. The Bertz CT molecular complexity index is 465. The zero-order valence-electron chi connectivity index (χ0n) is 10.0. The van der Waals surface area contributed by atoms with Gasteiger partial charge in [-0.25, -0.2) is 0 Å². The molecule has 1 N–H and O–H groups in total. The number of amides is 1. The van der Waals surface area contributed by atoms with Crippen molar-refractivity contribution in [1.29, 1.82) is 0 Å². The zero-order chi connectivity index (χ0) is 12.0. The molecule has 1 heterocycles. The Balaban J connectivity index is 1.89. The van der Waals surface area contributed by atoms with Crippen LogP contribution in [0.3, 0.4) is 0 Å². The van der Waals surface area contributed by atoms with Gasteiger partial charge in [0.05, 0.1) is 12.5 Å². The Morgan fingerprint density at radius 2 is 2.18 bits per heavy atom. The van der Waals surface area contributed by atoms with E-state index in [9.17, 15) is 9.90 Å². The molecule has 0 saturated heterocycles. The number of nitrogens with zero attached hydrogens (tertiary/aromatic N) is 1. The van der Waals surface area contributed by atoms with Crippen molar-refractivity contribution < 1.29 is 9.90 Å². The summed E-state index contributed by atoms with van der Waals surface area (Å²) in [5, 5.41) is 10.2. The topological polar surface area (TPSA) is 40.5 Å². The molecule has 1 unspecified atom stereocenters. The smallest absolute Gasteiger partial charge is 0.231 e. The van der Waals surface area contributed by atoms with Crippen LogP contribution < -0.4 is 4.90 Å². The largest absolute Gasteiger partial charge is 0.388 e. The molecule has 2 aliphatic rings. The molecule has 3 heteroatoms. The van der Waals surface area contributed by atoms with Gasteiger partial charge < -0.3 is 10.0 Å². The zero-order valence-corrected chi connectivity index (χ0v) is 10.0. The first-order chi connectivity index (χ1) is 8.16. The van der Waals surface area contributed by atoms with Gasteiger partial charge in [0.1, 0.15) is 0 Å². The molecule has 1 aliphatic carbocycles. The molecule has 3 rings (SSSR count). The average molecular weight is 231 g/mol. The third kappa shape index (κ3) is 1.65. The van der Waals surface area contributed by atoms with Gasteiger partial charge in [0.25, 0.3) is 0 Å². The Morgan fingerprint density at radius 3 is 2.82 bits per heavy atom. The molecule has 1 aromatic carbocycles. The van der Waals surface area contributed by atoms with Crippen molar-refractivity contribution in [3.8, 4) is 0 Å². The number of carbonyl (C=O) groups is 1. The van der Waals surface area contributed by atoms with Crippen molar-refractivity contribution in [3.63, 3.8) is 0 Å². The maximum absolute atomic E-state index is 11.6. The van der Waals surface area contributed by atoms with Gasteiger partial charge >= 0.3 is 0 Å². The van der Waals surface area contributed by atoms with Crippen LogP contribution in [-0.4, -0.2) is 18.1 Å². The molecule has 0 aromatic heterocycles. The van der Waals surface area contributed by atoms with E-state index >= 15 is 0 Å². The monoisotopic (exact) mass is 231 g/mol. The number of hydrogen-bond donors (Lipinski definition) is 1. The van der Waals surface area contributed by atoms with E-state index in [4.69, 9.17) is 0 Å². The summed E-state index contributed by atoms with van der Waals surface area (Å²) in [5.41, 5.74) is 3.00. The highest BCUT2D eigenvalue weighted by molar-refractivity contribution is 6.00. The molecule has 0 radical (unpaired) electrons. The van der Waals surface area contributed by atoms with E-state index in [0.29, 0.717) is 12.3 Å². The van der Waals surface area contributed by atoms with Crippen molar-refractivity contribution in [3.05, 3.63) is 29.3 Å². The Hall–Kier alpha value is -1.35. The lowest BCUT2D eigenvalue weighted by atomic mass is 9.78. The minimum atomic E-state index is -0.352. The molecule has 1 amide bonds. The van der Waals surface area contributed by atoms with E-state index in [1.807, 2.05) is 18.2 Å². The predicted molar refractivity (Wildman–Crippen MR) is 65.9 cm³/mol. The average Bonchev–Trinajstić information content (AvgIpc) is 2.52. The molecule has 1 fully saturated rings. The molecular weight excluding hydrogens is 214 g/mol. The normalized spacial score (nSPS) is 21.3. The third-order valence-corrected chi connectivity index (χ3v) is 4.12. The van der Waals surface area contributed by atoms with Gasteiger partial charge in [-0.2, -0.15) is 0 Å². The van der Waals surface area contributed by atoms with Crippen molar-refractivity contribution in [2.75, 3.05) is 11.9 Å². The quantitative estimate of drug-likeness (QED) is 0.846. The van der Waals surface area contributed by atoms with Crippen LogP contribution in [0.1, 0.15) is 36.5 Å². The molecule has 1 saturated carbocycles. The van der Waals surface area contributed by atoms with Crippen LogP contribution in [0.25, 0.3) is 0 Å². The van der Waals surface area contributed by atoms with E-state index in [-0.39, 0.29) is 12.0 Å². The highest BCUT2D eigenvalue weighted by Gasteiger charge is 2.29. The SMILES string of the molecule is CN1C(=O)Cc2cc(C(O)C3CCC3)ccc21. The van der Waals surface area contributed by atoms with Gasteiger partial charge in [-0.1, -0.05) is 18.6 Å². The van der Waals surface area contributed by atoms with Gasteiger partial charge in [0.15, 0.2) is 0 Å². The Labute approximate surface area is 101 Å². The number of aliphatic hydroxyl groups is 1. The lowest BCUT2D eigenvalue weighted by molar-refractivity contribution is -0.117. The highest BCUT2D eigenvalue weighted by Crippen LogP contribution is 2.39. The van der Waals surface area contributed by atoms with Crippen molar-refractivity contribution in [1.82, 2.24) is 0 Å². The van der Waals surface area contributed by atoms with E-state index in [0.717, 1.165) is 29.7 Å². The summed E-state index contributed by atoms with van der Waals surface area (Å²) in [6.45, 7) is 0. The second-order valence-corrected chi connectivity index (χ2v) is 5.15. The second kappa shape index (κ2) is 3.84. The van der Waals surface area contributed by atoms with Crippen LogP contribution in [0, 0.1) is 5.92 Å². The molecule has 1 aliphatic heterocycles. The molecule has 17 heavy (non-hydrogen) atoms. The first kappa shape index (κ1) is 10.8. The second-order valence-electron chi connectivity index (χ2n) is 5.15. The summed E-state index contributed by atoms with van der Waals surface area (Å²) in [6, 6.07) is 5.91. The summed E-state index contributed by atoms with van der Waals surface area (Å²) in [6.07, 6.45) is 3.59. The number of benzene rings is 1. The van der Waals surface area contributed by atoms with Crippen LogP contribution in [-0.2, 0) is 11.2 Å². The van der Waals surface area contributed by atoms with Crippen LogP contribution in [0.5, 0.6) is 0 Å². The van der Waals surface area contributed by atoms with E-state index in [2.05, 4.69) is 0 Å². The maximum atomic E-state index is 11.6. The molecule has 1 aromatic rings. The number of likely N-dealkylation sites (N-methyl/N-ethyl adjacent to an activating group) is 1. The molecular formula is C14H17NO2. The van der Waals surface area contributed by atoms with Crippen molar-refractivity contribution in [2.45, 2.75) is 31.8 Å². The summed E-state index contributed by atoms with van der Waals surface area (Å²) >= 11 is 0. The van der Waals surface area contributed by atoms with Crippen LogP contribution >= 0.6 is 0 Å². The van der Waals surface area contributed by atoms with Gasteiger partial charge in [0.2, 0.25) is 5.91 Å². The molecule has 0 spiro atoms. The molecule has 0 bridgehead atoms. The summed E-state index contributed by atoms with van der Waals surface area (Å²) in [5.74, 6) is 0.554. The first-order valence-electron chi connectivity index (χ1n) is 6.24. The minimum Gasteiger partial charge on any atom is -0.388 e. The van der Waals surface area contributed by atoms with Crippen molar-refractivity contribution >= 4 is 11.6 Å². The van der Waals surface area contributed by atoms with Gasteiger partial charge in [-0.3, -0.25) is 4.79 Å². The van der Waals surface area contributed by atoms with Gasteiger partial charge in [0, 0.05) is 12.7 Å². The minimum absolute atomic E-state index is 0.135.